The van der Waals surface area contributed by atoms with Gasteiger partial charge in [0.15, 0.2) is 0 Å². The predicted molar refractivity (Wildman–Crippen MR) is 74.7 cm³/mol. The lowest BCUT2D eigenvalue weighted by molar-refractivity contribution is -0.145. The highest BCUT2D eigenvalue weighted by Gasteiger charge is 2.22. The quantitative estimate of drug-likeness (QED) is 0.369. The Morgan fingerprint density at radius 3 is 2.45 bits per heavy atom. The highest BCUT2D eigenvalue weighted by Crippen LogP contribution is 2.08. The zero-order valence-electron chi connectivity index (χ0n) is 12.3. The van der Waals surface area contributed by atoms with Crippen LogP contribution in [0.2, 0.25) is 0 Å². The van der Waals surface area contributed by atoms with Crippen molar-refractivity contribution in [2.24, 2.45) is 5.92 Å². The lowest BCUT2D eigenvalue weighted by Gasteiger charge is -2.13. The van der Waals surface area contributed by atoms with E-state index < -0.39 is 0 Å². The fourth-order valence-corrected chi connectivity index (χ4v) is 1.79. The fourth-order valence-electron chi connectivity index (χ4n) is 1.79. The molecule has 1 rings (SSSR count). The van der Waals surface area contributed by atoms with Crippen molar-refractivity contribution in [1.29, 1.82) is 0 Å². The molecule has 1 aliphatic heterocycles. The van der Waals surface area contributed by atoms with E-state index in [0.717, 1.165) is 25.7 Å². The molecule has 0 spiro atoms. The average molecular weight is 281 g/mol. The molecule has 1 atom stereocenters. The van der Waals surface area contributed by atoms with Crippen LogP contribution in [0.5, 0.6) is 0 Å². The van der Waals surface area contributed by atoms with Crippen LogP contribution in [0.4, 0.5) is 0 Å². The highest BCUT2D eigenvalue weighted by molar-refractivity contribution is 6.12. The summed E-state index contributed by atoms with van der Waals surface area (Å²) in [6.45, 7) is 5.02. The van der Waals surface area contributed by atoms with Crippen LogP contribution in [0.25, 0.3) is 0 Å². The summed E-state index contributed by atoms with van der Waals surface area (Å²) in [6.07, 6.45) is 6.22. The topological polar surface area (TPSA) is 63.7 Å². The van der Waals surface area contributed by atoms with E-state index in [1.54, 1.807) is 0 Å². The van der Waals surface area contributed by atoms with E-state index in [-0.39, 0.29) is 17.8 Å². The first-order valence-electron chi connectivity index (χ1n) is 7.23. The van der Waals surface area contributed by atoms with Gasteiger partial charge in [0, 0.05) is 25.1 Å². The minimum atomic E-state index is -0.247. The molecule has 2 amide bonds. The second kappa shape index (κ2) is 8.51. The maximum atomic E-state index is 11.4. The number of nitrogens with zero attached hydrogens (tertiary/aromatic N) is 1. The molecule has 1 aliphatic rings. The number of hydrogen-bond donors (Lipinski definition) is 0. The Balaban J connectivity index is 2.03. The third-order valence-corrected chi connectivity index (χ3v) is 3.39. The van der Waals surface area contributed by atoms with Gasteiger partial charge in [-0.1, -0.05) is 26.7 Å². The molecule has 0 fully saturated rings. The van der Waals surface area contributed by atoms with Crippen molar-refractivity contribution in [2.45, 2.75) is 46.0 Å². The van der Waals surface area contributed by atoms with Gasteiger partial charge >= 0.3 is 5.97 Å². The third kappa shape index (κ3) is 5.55. The van der Waals surface area contributed by atoms with Gasteiger partial charge in [-0.05, 0) is 18.8 Å². The van der Waals surface area contributed by atoms with Crippen molar-refractivity contribution >= 4 is 17.8 Å². The normalized spacial score (nSPS) is 15.8. The molecule has 0 radical (unpaired) electrons. The van der Waals surface area contributed by atoms with Crippen molar-refractivity contribution in [3.8, 4) is 0 Å². The van der Waals surface area contributed by atoms with E-state index in [1.807, 2.05) is 6.92 Å². The van der Waals surface area contributed by atoms with Crippen molar-refractivity contribution < 1.29 is 19.1 Å². The largest absolute Gasteiger partial charge is 0.465 e. The Morgan fingerprint density at radius 2 is 1.85 bits per heavy atom. The van der Waals surface area contributed by atoms with Crippen molar-refractivity contribution in [3.63, 3.8) is 0 Å². The van der Waals surface area contributed by atoms with Crippen molar-refractivity contribution in [1.82, 2.24) is 4.90 Å². The van der Waals surface area contributed by atoms with Crippen LogP contribution >= 0.6 is 0 Å². The molecule has 20 heavy (non-hydrogen) atoms. The molecule has 0 aromatic carbocycles. The zero-order chi connectivity index (χ0) is 15.0. The lowest BCUT2D eigenvalue weighted by Crippen LogP contribution is -2.30. The molecule has 0 aromatic rings. The number of unbranched alkanes of at least 4 members (excludes halogenated alkanes) is 2. The molecule has 0 N–H and O–H groups in total. The van der Waals surface area contributed by atoms with Gasteiger partial charge in [-0.3, -0.25) is 19.3 Å². The Morgan fingerprint density at radius 1 is 1.20 bits per heavy atom. The molecule has 0 aliphatic carbocycles. The number of carbonyl (C=O) groups excluding carboxylic acids is 3. The number of hydrogen-bond acceptors (Lipinski definition) is 4. The summed E-state index contributed by atoms with van der Waals surface area (Å²) >= 11 is 0. The lowest BCUT2D eigenvalue weighted by atomic mass is 10.1. The number of imide groups is 1. The number of rotatable bonds is 9. The first kappa shape index (κ1) is 16.4. The van der Waals surface area contributed by atoms with Gasteiger partial charge in [0.1, 0.15) is 0 Å². The summed E-state index contributed by atoms with van der Waals surface area (Å²) < 4.78 is 5.14. The molecule has 0 aromatic heterocycles. The molecule has 112 valence electrons. The van der Waals surface area contributed by atoms with E-state index in [2.05, 4.69) is 6.92 Å². The number of carbonyl (C=O) groups is 3. The monoisotopic (exact) mass is 281 g/mol. The summed E-state index contributed by atoms with van der Waals surface area (Å²) in [4.78, 5) is 35.2. The zero-order valence-corrected chi connectivity index (χ0v) is 12.3. The standard InChI is InChI=1S/C15H23NO4/c1-3-12(2)11-20-15(19)7-5-4-6-10-16-13(17)8-9-14(16)18/h8-9,12H,3-7,10-11H2,1-2H3. The van der Waals surface area contributed by atoms with Crippen LogP contribution in [-0.2, 0) is 19.1 Å². The van der Waals surface area contributed by atoms with Crippen LogP contribution < -0.4 is 0 Å². The second-order valence-corrected chi connectivity index (χ2v) is 5.17. The summed E-state index contributed by atoms with van der Waals surface area (Å²) in [7, 11) is 0. The molecule has 0 saturated carbocycles. The van der Waals surface area contributed by atoms with Crippen LogP contribution in [0.15, 0.2) is 12.2 Å². The molecule has 0 bridgehead atoms. The second-order valence-electron chi connectivity index (χ2n) is 5.17. The van der Waals surface area contributed by atoms with Crippen molar-refractivity contribution in [3.05, 3.63) is 12.2 Å². The summed E-state index contributed by atoms with van der Waals surface area (Å²) in [6, 6.07) is 0. The average Bonchev–Trinajstić information content (AvgIpc) is 2.75. The first-order valence-corrected chi connectivity index (χ1v) is 7.23. The van der Waals surface area contributed by atoms with Gasteiger partial charge in [-0.2, -0.15) is 0 Å². The SMILES string of the molecule is CCC(C)COC(=O)CCCCCN1C(=O)C=CC1=O. The molecule has 1 heterocycles. The fraction of sp³-hybridized carbons (Fsp3) is 0.667. The van der Waals surface area contributed by atoms with E-state index in [4.69, 9.17) is 4.74 Å². The number of esters is 1. The van der Waals surface area contributed by atoms with Gasteiger partial charge in [0.25, 0.3) is 11.8 Å². The summed E-state index contributed by atoms with van der Waals surface area (Å²) in [5.74, 6) is -0.259. The van der Waals surface area contributed by atoms with Gasteiger partial charge < -0.3 is 4.74 Å². The van der Waals surface area contributed by atoms with Gasteiger partial charge in [0.05, 0.1) is 6.61 Å². The Bertz CT molecular complexity index is 371. The van der Waals surface area contributed by atoms with Gasteiger partial charge in [0.2, 0.25) is 0 Å². The number of ether oxygens (including phenoxy) is 1. The van der Waals surface area contributed by atoms with Gasteiger partial charge in [-0.25, -0.2) is 0 Å². The number of amides is 2. The Labute approximate surface area is 120 Å². The van der Waals surface area contributed by atoms with Crippen molar-refractivity contribution in [2.75, 3.05) is 13.2 Å². The smallest absolute Gasteiger partial charge is 0.305 e. The van der Waals surface area contributed by atoms with E-state index in [0.29, 0.717) is 25.5 Å². The van der Waals surface area contributed by atoms with Crippen LogP contribution in [0, 0.1) is 5.92 Å². The highest BCUT2D eigenvalue weighted by atomic mass is 16.5. The first-order chi connectivity index (χ1) is 9.54. The molecule has 5 nitrogen and oxygen atoms in total. The Hall–Kier alpha value is -1.65. The molecule has 1 unspecified atom stereocenters. The minimum Gasteiger partial charge on any atom is -0.465 e. The predicted octanol–water partition coefficient (Wildman–Crippen LogP) is 2.06. The summed E-state index contributed by atoms with van der Waals surface area (Å²) in [5, 5.41) is 0. The van der Waals surface area contributed by atoms with E-state index in [9.17, 15) is 14.4 Å². The maximum absolute atomic E-state index is 11.4. The third-order valence-electron chi connectivity index (χ3n) is 3.39. The van der Waals surface area contributed by atoms with Gasteiger partial charge in [-0.15, -0.1) is 0 Å². The van der Waals surface area contributed by atoms with Crippen LogP contribution in [-0.4, -0.2) is 35.8 Å². The molecule has 0 saturated heterocycles. The van der Waals surface area contributed by atoms with E-state index >= 15 is 0 Å². The van der Waals surface area contributed by atoms with Crippen LogP contribution in [0.1, 0.15) is 46.0 Å². The maximum Gasteiger partial charge on any atom is 0.305 e. The van der Waals surface area contributed by atoms with Crippen LogP contribution in [0.3, 0.4) is 0 Å². The Kier molecular flexibility index (Phi) is 6.98. The molecular weight excluding hydrogens is 258 g/mol. The molecular formula is C15H23NO4. The summed E-state index contributed by atoms with van der Waals surface area (Å²) in [5.41, 5.74) is 0. The molecule has 5 heteroatoms. The minimum absolute atomic E-state index is 0.166. The van der Waals surface area contributed by atoms with E-state index in [1.165, 1.54) is 17.1 Å².